The van der Waals surface area contributed by atoms with E-state index in [9.17, 15) is 5.26 Å². The van der Waals surface area contributed by atoms with Crippen LogP contribution in [0.3, 0.4) is 0 Å². The van der Waals surface area contributed by atoms with E-state index in [2.05, 4.69) is 50.2 Å². The first-order valence-corrected chi connectivity index (χ1v) is 13.0. The van der Waals surface area contributed by atoms with Crippen molar-refractivity contribution >= 4 is 34.4 Å². The average molecular weight is 508 g/mol. The van der Waals surface area contributed by atoms with Crippen LogP contribution in [0.1, 0.15) is 33.8 Å². The molecular formula is C30H33N7O. The van der Waals surface area contributed by atoms with Crippen molar-refractivity contribution in [1.29, 1.82) is 5.26 Å². The predicted molar refractivity (Wildman–Crippen MR) is 152 cm³/mol. The van der Waals surface area contributed by atoms with Crippen molar-refractivity contribution in [3.8, 4) is 6.07 Å². The second kappa shape index (κ2) is 11.6. The zero-order valence-corrected chi connectivity index (χ0v) is 21.9. The Morgan fingerprint density at radius 1 is 1.08 bits per heavy atom. The number of aliphatic hydroxyl groups excluding tert-OH is 1. The maximum Gasteiger partial charge on any atom is 0.103 e. The van der Waals surface area contributed by atoms with Gasteiger partial charge in [-0.15, -0.1) is 0 Å². The number of piperazine rings is 1. The second-order valence-corrected chi connectivity index (χ2v) is 9.69. The highest BCUT2D eigenvalue weighted by atomic mass is 16.3. The van der Waals surface area contributed by atoms with Crippen LogP contribution in [-0.4, -0.2) is 69.2 Å². The molecule has 38 heavy (non-hydrogen) atoms. The van der Waals surface area contributed by atoms with Crippen molar-refractivity contribution in [3.05, 3.63) is 82.6 Å². The molecule has 194 valence electrons. The standard InChI is InChI=1S/C30H33N7O/c1-21-26-10-11-32-29(26)9-8-28(21)35-30-23(18-31)19-33-22(2)27(30)7-6-24-4-3-5-25(34-24)20-37-14-12-36(13-15-37)16-17-38/h3-11,19,32,38H,12-17,20H2,1-2H3,(H,33,35). The van der Waals surface area contributed by atoms with Crippen LogP contribution in [0.25, 0.3) is 23.1 Å². The van der Waals surface area contributed by atoms with E-state index in [1.165, 1.54) is 0 Å². The van der Waals surface area contributed by atoms with E-state index in [4.69, 9.17) is 10.1 Å². The van der Waals surface area contributed by atoms with Crippen LogP contribution in [0.5, 0.6) is 0 Å². The van der Waals surface area contributed by atoms with Crippen LogP contribution < -0.4 is 5.32 Å². The van der Waals surface area contributed by atoms with Crippen molar-refractivity contribution in [3.63, 3.8) is 0 Å². The van der Waals surface area contributed by atoms with Crippen molar-refractivity contribution < 1.29 is 5.11 Å². The second-order valence-electron chi connectivity index (χ2n) is 9.69. The molecule has 5 rings (SSSR count). The van der Waals surface area contributed by atoms with Crippen molar-refractivity contribution in [2.75, 3.05) is 44.6 Å². The summed E-state index contributed by atoms with van der Waals surface area (Å²) in [5.41, 5.74) is 7.97. The molecule has 1 saturated heterocycles. The quantitative estimate of drug-likeness (QED) is 0.323. The molecule has 4 aromatic rings. The molecule has 0 saturated carbocycles. The summed E-state index contributed by atoms with van der Waals surface area (Å²) in [6.45, 7) is 9.65. The number of rotatable bonds is 8. The van der Waals surface area contributed by atoms with Gasteiger partial charge in [-0.1, -0.05) is 6.07 Å². The molecule has 1 fully saturated rings. The van der Waals surface area contributed by atoms with E-state index in [1.54, 1.807) is 6.20 Å². The fourth-order valence-corrected chi connectivity index (χ4v) is 4.99. The molecule has 0 atom stereocenters. The number of nitrogens with one attached hydrogen (secondary N) is 2. The summed E-state index contributed by atoms with van der Waals surface area (Å²) in [5, 5.41) is 23.7. The Morgan fingerprint density at radius 3 is 2.68 bits per heavy atom. The first-order chi connectivity index (χ1) is 18.6. The van der Waals surface area contributed by atoms with E-state index < -0.39 is 0 Å². The lowest BCUT2D eigenvalue weighted by Crippen LogP contribution is -2.46. The number of aromatic nitrogens is 3. The van der Waals surface area contributed by atoms with Gasteiger partial charge in [-0.2, -0.15) is 5.26 Å². The van der Waals surface area contributed by atoms with Gasteiger partial charge in [-0.25, -0.2) is 0 Å². The number of benzene rings is 1. The van der Waals surface area contributed by atoms with Gasteiger partial charge in [0.2, 0.25) is 0 Å². The van der Waals surface area contributed by atoms with Crippen molar-refractivity contribution in [1.82, 2.24) is 24.8 Å². The van der Waals surface area contributed by atoms with Crippen LogP contribution in [0, 0.1) is 25.2 Å². The Morgan fingerprint density at radius 2 is 1.89 bits per heavy atom. The van der Waals surface area contributed by atoms with E-state index in [-0.39, 0.29) is 6.61 Å². The summed E-state index contributed by atoms with van der Waals surface area (Å²) in [6.07, 6.45) is 7.54. The number of nitrogens with zero attached hydrogens (tertiary/aromatic N) is 5. The molecule has 3 aromatic heterocycles. The first-order valence-electron chi connectivity index (χ1n) is 13.0. The maximum atomic E-state index is 9.85. The minimum atomic E-state index is 0.210. The van der Waals surface area contributed by atoms with Crippen LogP contribution in [0.15, 0.2) is 48.8 Å². The van der Waals surface area contributed by atoms with Gasteiger partial charge in [0.25, 0.3) is 0 Å². The van der Waals surface area contributed by atoms with Gasteiger partial charge in [-0.05, 0) is 61.9 Å². The minimum Gasteiger partial charge on any atom is -0.395 e. The van der Waals surface area contributed by atoms with Gasteiger partial charge in [0.05, 0.1) is 29.2 Å². The molecule has 3 N–H and O–H groups in total. The number of anilines is 2. The number of aryl methyl sites for hydroxylation is 2. The third-order valence-corrected chi connectivity index (χ3v) is 7.22. The van der Waals surface area contributed by atoms with Gasteiger partial charge in [-0.3, -0.25) is 19.8 Å². The molecule has 8 nitrogen and oxygen atoms in total. The molecule has 0 amide bonds. The number of H-pyrrole nitrogens is 1. The Hall–Kier alpha value is -4.03. The summed E-state index contributed by atoms with van der Waals surface area (Å²) >= 11 is 0. The number of nitriles is 1. The zero-order chi connectivity index (χ0) is 26.5. The normalized spacial score (nSPS) is 14.8. The summed E-state index contributed by atoms with van der Waals surface area (Å²) in [7, 11) is 0. The zero-order valence-electron chi connectivity index (χ0n) is 21.9. The topological polar surface area (TPSA) is 104 Å². The number of hydrogen-bond donors (Lipinski definition) is 3. The summed E-state index contributed by atoms with van der Waals surface area (Å²) in [4.78, 5) is 17.3. The van der Waals surface area contributed by atoms with Gasteiger partial charge < -0.3 is 15.4 Å². The fourth-order valence-electron chi connectivity index (χ4n) is 4.99. The molecule has 1 aliphatic heterocycles. The van der Waals surface area contributed by atoms with Gasteiger partial charge in [0, 0.05) is 79.5 Å². The molecule has 0 bridgehead atoms. The highest BCUT2D eigenvalue weighted by Gasteiger charge is 2.17. The lowest BCUT2D eigenvalue weighted by atomic mass is 10.0. The number of fused-ring (bicyclic) bond motifs is 1. The lowest BCUT2D eigenvalue weighted by molar-refractivity contribution is 0.107. The molecule has 1 aliphatic rings. The maximum absolute atomic E-state index is 9.85. The summed E-state index contributed by atoms with van der Waals surface area (Å²) < 4.78 is 0. The van der Waals surface area contributed by atoms with Gasteiger partial charge in [0.1, 0.15) is 6.07 Å². The highest BCUT2D eigenvalue weighted by molar-refractivity contribution is 5.90. The van der Waals surface area contributed by atoms with Crippen molar-refractivity contribution in [2.24, 2.45) is 0 Å². The average Bonchev–Trinajstić information content (AvgIpc) is 3.41. The minimum absolute atomic E-state index is 0.210. The molecular weight excluding hydrogens is 474 g/mol. The monoisotopic (exact) mass is 507 g/mol. The molecule has 0 unspecified atom stereocenters. The third kappa shape index (κ3) is 5.60. The summed E-state index contributed by atoms with van der Waals surface area (Å²) in [5.74, 6) is 0. The van der Waals surface area contributed by atoms with E-state index in [0.29, 0.717) is 5.56 Å². The highest BCUT2D eigenvalue weighted by Crippen LogP contribution is 2.32. The lowest BCUT2D eigenvalue weighted by Gasteiger charge is -2.34. The molecule has 1 aromatic carbocycles. The van der Waals surface area contributed by atoms with Crippen LogP contribution in [-0.2, 0) is 6.54 Å². The predicted octanol–water partition coefficient (Wildman–Crippen LogP) is 4.47. The third-order valence-electron chi connectivity index (χ3n) is 7.22. The number of hydrogen-bond acceptors (Lipinski definition) is 7. The van der Waals surface area contributed by atoms with E-state index >= 15 is 0 Å². The Kier molecular flexibility index (Phi) is 7.80. The smallest absolute Gasteiger partial charge is 0.103 e. The fraction of sp³-hybridized carbons (Fsp3) is 0.300. The number of pyridine rings is 2. The molecule has 0 aliphatic carbocycles. The van der Waals surface area contributed by atoms with Crippen molar-refractivity contribution in [2.45, 2.75) is 20.4 Å². The molecule has 0 spiro atoms. The van der Waals surface area contributed by atoms with Crippen LogP contribution in [0.2, 0.25) is 0 Å². The Bertz CT molecular complexity index is 1490. The molecule has 4 heterocycles. The van der Waals surface area contributed by atoms with Gasteiger partial charge >= 0.3 is 0 Å². The molecule has 0 radical (unpaired) electrons. The Labute approximate surface area is 223 Å². The first kappa shape index (κ1) is 25.6. The Balaban J connectivity index is 1.38. The van der Waals surface area contributed by atoms with E-state index in [0.717, 1.165) is 89.8 Å². The van der Waals surface area contributed by atoms with E-state index in [1.807, 2.05) is 49.5 Å². The number of β-amino-alcohol motifs (C(OH)–C–C–N with tert-alkyl or cyclic N) is 1. The number of aliphatic hydroxyl groups is 1. The largest absolute Gasteiger partial charge is 0.395 e. The molecule has 8 heteroatoms. The SMILES string of the molecule is Cc1ncc(C#N)c(Nc2ccc3[nH]ccc3c2C)c1C=Cc1cccc(CN2CCN(CCO)CC2)n1. The number of aromatic amines is 1. The van der Waals surface area contributed by atoms with Crippen LogP contribution in [0.4, 0.5) is 11.4 Å². The van der Waals surface area contributed by atoms with Gasteiger partial charge in [0.15, 0.2) is 0 Å². The summed E-state index contributed by atoms with van der Waals surface area (Å²) in [6, 6.07) is 14.5. The van der Waals surface area contributed by atoms with Crippen LogP contribution >= 0.6 is 0 Å².